The van der Waals surface area contributed by atoms with Crippen LogP contribution in [0, 0.1) is 5.92 Å². The zero-order valence-electron chi connectivity index (χ0n) is 7.93. The average Bonchev–Trinajstić information content (AvgIpc) is 1.87. The summed E-state index contributed by atoms with van der Waals surface area (Å²) in [5, 5.41) is 12.1. The Balaban J connectivity index is 3.50. The maximum absolute atomic E-state index is 8.74. The molecule has 1 atom stereocenters. The van der Waals surface area contributed by atoms with Gasteiger partial charge in [0, 0.05) is 12.6 Å². The molecule has 0 aliphatic carbocycles. The van der Waals surface area contributed by atoms with Crippen LogP contribution in [0.4, 0.5) is 0 Å². The monoisotopic (exact) mass is 159 g/mol. The van der Waals surface area contributed by atoms with Gasteiger partial charge in [-0.3, -0.25) is 0 Å². The summed E-state index contributed by atoms with van der Waals surface area (Å²) in [5.74, 6) is 0.714. The van der Waals surface area contributed by atoms with Crippen LogP contribution in [0.15, 0.2) is 0 Å². The highest BCUT2D eigenvalue weighted by molar-refractivity contribution is 4.66. The molecule has 0 amide bonds. The smallest absolute Gasteiger partial charge is 0.0445 e. The Bertz CT molecular complexity index is 77.6. The highest BCUT2D eigenvalue weighted by Crippen LogP contribution is 2.06. The van der Waals surface area contributed by atoms with Crippen molar-refractivity contribution >= 4 is 0 Å². The largest absolute Gasteiger partial charge is 0.396 e. The molecule has 68 valence electrons. The topological polar surface area (TPSA) is 32.3 Å². The Kier molecular flexibility index (Phi) is 6.57. The van der Waals surface area contributed by atoms with Crippen molar-refractivity contribution in [3.8, 4) is 0 Å². The van der Waals surface area contributed by atoms with Crippen LogP contribution < -0.4 is 5.32 Å². The first-order valence-corrected chi connectivity index (χ1v) is 4.55. The highest BCUT2D eigenvalue weighted by atomic mass is 16.3. The fourth-order valence-corrected chi connectivity index (χ4v) is 1.32. The van der Waals surface area contributed by atoms with E-state index in [2.05, 4.69) is 26.1 Å². The minimum absolute atomic E-state index is 0.296. The van der Waals surface area contributed by atoms with Crippen LogP contribution in [0.25, 0.3) is 0 Å². The lowest BCUT2D eigenvalue weighted by atomic mass is 10.0. The molecular formula is C9H21NO. The van der Waals surface area contributed by atoms with Crippen molar-refractivity contribution in [2.45, 2.75) is 39.7 Å². The Morgan fingerprint density at radius 1 is 1.36 bits per heavy atom. The predicted octanol–water partition coefficient (Wildman–Crippen LogP) is 1.39. The molecule has 0 aromatic heterocycles. The summed E-state index contributed by atoms with van der Waals surface area (Å²) < 4.78 is 0. The second-order valence-corrected chi connectivity index (χ2v) is 3.40. The zero-order chi connectivity index (χ0) is 8.69. The Labute approximate surface area is 70.0 Å². The molecular weight excluding hydrogens is 138 g/mol. The molecule has 0 aliphatic rings. The molecule has 0 aromatic carbocycles. The van der Waals surface area contributed by atoms with Gasteiger partial charge < -0.3 is 10.4 Å². The third kappa shape index (κ3) is 6.32. The number of rotatable bonds is 6. The van der Waals surface area contributed by atoms with Crippen LogP contribution in [0.2, 0.25) is 0 Å². The molecule has 11 heavy (non-hydrogen) atoms. The van der Waals surface area contributed by atoms with Crippen molar-refractivity contribution in [1.82, 2.24) is 5.32 Å². The molecule has 0 bridgehead atoms. The molecule has 0 radical (unpaired) electrons. The molecule has 0 fully saturated rings. The minimum atomic E-state index is 0.296. The summed E-state index contributed by atoms with van der Waals surface area (Å²) in [6, 6.07) is 0.505. The van der Waals surface area contributed by atoms with Gasteiger partial charge in [0.15, 0.2) is 0 Å². The Morgan fingerprint density at radius 3 is 2.36 bits per heavy atom. The lowest BCUT2D eigenvalue weighted by Crippen LogP contribution is -2.31. The molecule has 2 nitrogen and oxygen atoms in total. The van der Waals surface area contributed by atoms with E-state index in [9.17, 15) is 0 Å². The third-order valence-electron chi connectivity index (χ3n) is 1.73. The zero-order valence-corrected chi connectivity index (χ0v) is 7.93. The third-order valence-corrected chi connectivity index (χ3v) is 1.73. The Morgan fingerprint density at radius 2 is 2.00 bits per heavy atom. The first-order chi connectivity index (χ1) is 5.20. The van der Waals surface area contributed by atoms with Crippen LogP contribution in [-0.2, 0) is 0 Å². The quantitative estimate of drug-likeness (QED) is 0.614. The van der Waals surface area contributed by atoms with E-state index in [0.29, 0.717) is 18.6 Å². The molecule has 0 saturated carbocycles. The van der Waals surface area contributed by atoms with E-state index >= 15 is 0 Å². The number of aliphatic hydroxyl groups excluding tert-OH is 1. The van der Waals surface area contributed by atoms with E-state index in [-0.39, 0.29) is 0 Å². The van der Waals surface area contributed by atoms with E-state index in [4.69, 9.17) is 5.11 Å². The SMILES string of the molecule is CCNC(CCO)CC(C)C. The summed E-state index contributed by atoms with van der Waals surface area (Å²) in [5.41, 5.74) is 0. The number of aliphatic hydroxyl groups is 1. The van der Waals surface area contributed by atoms with Crippen LogP contribution >= 0.6 is 0 Å². The second kappa shape index (κ2) is 6.62. The predicted molar refractivity (Wildman–Crippen MR) is 48.6 cm³/mol. The summed E-state index contributed by atoms with van der Waals surface area (Å²) in [4.78, 5) is 0. The molecule has 2 heteroatoms. The number of hydrogen-bond donors (Lipinski definition) is 2. The van der Waals surface area contributed by atoms with Gasteiger partial charge in [0.25, 0.3) is 0 Å². The maximum Gasteiger partial charge on any atom is 0.0445 e. The number of nitrogens with one attached hydrogen (secondary N) is 1. The van der Waals surface area contributed by atoms with Gasteiger partial charge in [0.1, 0.15) is 0 Å². The molecule has 2 N–H and O–H groups in total. The lowest BCUT2D eigenvalue weighted by Gasteiger charge is -2.18. The number of hydrogen-bond acceptors (Lipinski definition) is 2. The van der Waals surface area contributed by atoms with Crippen LogP contribution in [0.1, 0.15) is 33.6 Å². The van der Waals surface area contributed by atoms with E-state index in [1.807, 2.05) is 0 Å². The average molecular weight is 159 g/mol. The van der Waals surface area contributed by atoms with E-state index < -0.39 is 0 Å². The van der Waals surface area contributed by atoms with Gasteiger partial charge in [-0.15, -0.1) is 0 Å². The van der Waals surface area contributed by atoms with Crippen molar-refractivity contribution in [2.75, 3.05) is 13.2 Å². The first-order valence-electron chi connectivity index (χ1n) is 4.55. The van der Waals surface area contributed by atoms with Crippen molar-refractivity contribution in [2.24, 2.45) is 5.92 Å². The Hall–Kier alpha value is -0.0800. The summed E-state index contributed by atoms with van der Waals surface area (Å²) in [6.07, 6.45) is 2.04. The fraction of sp³-hybridized carbons (Fsp3) is 1.00. The minimum Gasteiger partial charge on any atom is -0.396 e. The van der Waals surface area contributed by atoms with Crippen LogP contribution in [0.5, 0.6) is 0 Å². The van der Waals surface area contributed by atoms with Gasteiger partial charge in [0.2, 0.25) is 0 Å². The molecule has 1 unspecified atom stereocenters. The summed E-state index contributed by atoms with van der Waals surface area (Å²) in [6.45, 7) is 7.82. The van der Waals surface area contributed by atoms with Crippen molar-refractivity contribution in [3.63, 3.8) is 0 Å². The van der Waals surface area contributed by atoms with Gasteiger partial charge >= 0.3 is 0 Å². The molecule has 0 spiro atoms. The highest BCUT2D eigenvalue weighted by Gasteiger charge is 2.07. The lowest BCUT2D eigenvalue weighted by molar-refractivity contribution is 0.254. The molecule has 0 aromatic rings. The molecule has 0 aliphatic heterocycles. The van der Waals surface area contributed by atoms with Gasteiger partial charge in [-0.1, -0.05) is 20.8 Å². The van der Waals surface area contributed by atoms with E-state index in [1.54, 1.807) is 0 Å². The van der Waals surface area contributed by atoms with Crippen molar-refractivity contribution in [3.05, 3.63) is 0 Å². The van der Waals surface area contributed by atoms with Gasteiger partial charge in [-0.05, 0) is 25.3 Å². The molecule has 0 saturated heterocycles. The second-order valence-electron chi connectivity index (χ2n) is 3.40. The van der Waals surface area contributed by atoms with Gasteiger partial charge in [-0.2, -0.15) is 0 Å². The molecule has 0 rings (SSSR count). The summed E-state index contributed by atoms with van der Waals surface area (Å²) >= 11 is 0. The standard InChI is InChI=1S/C9H21NO/c1-4-10-9(5-6-11)7-8(2)3/h8-11H,4-7H2,1-3H3. The fourth-order valence-electron chi connectivity index (χ4n) is 1.32. The van der Waals surface area contributed by atoms with Crippen LogP contribution in [-0.4, -0.2) is 24.3 Å². The summed E-state index contributed by atoms with van der Waals surface area (Å²) in [7, 11) is 0. The van der Waals surface area contributed by atoms with Crippen molar-refractivity contribution < 1.29 is 5.11 Å². The normalized spacial score (nSPS) is 13.9. The van der Waals surface area contributed by atoms with E-state index in [0.717, 1.165) is 19.4 Å². The van der Waals surface area contributed by atoms with Crippen molar-refractivity contribution in [1.29, 1.82) is 0 Å². The van der Waals surface area contributed by atoms with Crippen LogP contribution in [0.3, 0.4) is 0 Å². The van der Waals surface area contributed by atoms with E-state index in [1.165, 1.54) is 0 Å². The first kappa shape index (κ1) is 10.9. The van der Waals surface area contributed by atoms with Gasteiger partial charge in [0.05, 0.1) is 0 Å². The maximum atomic E-state index is 8.74. The molecule has 0 heterocycles. The van der Waals surface area contributed by atoms with Gasteiger partial charge in [-0.25, -0.2) is 0 Å².